The van der Waals surface area contributed by atoms with E-state index in [4.69, 9.17) is 0 Å². The number of hydrogen-bond donors (Lipinski definition) is 0. The van der Waals surface area contributed by atoms with E-state index in [-0.39, 0.29) is 5.92 Å². The molecule has 0 spiro atoms. The summed E-state index contributed by atoms with van der Waals surface area (Å²) in [6, 6.07) is 0. The second-order valence-corrected chi connectivity index (χ2v) is 4.34. The number of carbonyl (C=O) groups is 1. The van der Waals surface area contributed by atoms with Crippen molar-refractivity contribution in [2.45, 2.75) is 27.2 Å². The summed E-state index contributed by atoms with van der Waals surface area (Å²) in [5.74, 6) is -0.270. The van der Waals surface area contributed by atoms with Crippen LogP contribution < -0.4 is 0 Å². The first-order valence-corrected chi connectivity index (χ1v) is 5.30. The Labute approximate surface area is 79.6 Å². The molecule has 0 N–H and O–H groups in total. The molecule has 0 aromatic rings. The second kappa shape index (κ2) is 6.06. The quantitative estimate of drug-likeness (QED) is 0.650. The molecule has 13 heavy (non-hydrogen) atoms. The zero-order chi connectivity index (χ0) is 10.4. The lowest BCUT2D eigenvalue weighted by Crippen LogP contribution is -2.13. The van der Waals surface area contributed by atoms with Gasteiger partial charge in [0.05, 0.1) is 13.0 Å². The Morgan fingerprint density at radius 2 is 1.92 bits per heavy atom. The van der Waals surface area contributed by atoms with Gasteiger partial charge in [-0.25, -0.2) is 4.79 Å². The average Bonchev–Trinajstić information content (AvgIpc) is 2.02. The highest BCUT2D eigenvalue weighted by atomic mass is 31.1. The van der Waals surface area contributed by atoms with E-state index in [9.17, 15) is 9.36 Å². The van der Waals surface area contributed by atoms with Gasteiger partial charge in [0.2, 0.25) is 0 Å². The van der Waals surface area contributed by atoms with Gasteiger partial charge in [0.25, 0.3) is 0 Å². The summed E-state index contributed by atoms with van der Waals surface area (Å²) in [5.41, 5.74) is 0. The van der Waals surface area contributed by atoms with E-state index in [1.54, 1.807) is 6.92 Å². The van der Waals surface area contributed by atoms with Gasteiger partial charge in [-0.1, -0.05) is 20.8 Å². The van der Waals surface area contributed by atoms with Gasteiger partial charge in [0.1, 0.15) is 0 Å². The Balaban J connectivity index is 3.89. The molecule has 0 saturated heterocycles. The van der Waals surface area contributed by atoms with Crippen LogP contribution in [0.15, 0.2) is 0 Å². The molecule has 2 unspecified atom stereocenters. The molecule has 0 radical (unpaired) electrons. The third kappa shape index (κ3) is 5.72. The smallest absolute Gasteiger partial charge is 0.246 e. The van der Waals surface area contributed by atoms with Crippen LogP contribution in [0.1, 0.15) is 27.2 Å². The van der Waals surface area contributed by atoms with Crippen LogP contribution in [0.4, 0.5) is 0 Å². The summed E-state index contributed by atoms with van der Waals surface area (Å²) < 4.78 is 19.5. The van der Waals surface area contributed by atoms with Crippen LogP contribution in [0.2, 0.25) is 0 Å². The van der Waals surface area contributed by atoms with Crippen molar-refractivity contribution in [1.82, 2.24) is 0 Å². The molecule has 0 heterocycles. The minimum absolute atomic E-state index is 0.228. The molecule has 0 bridgehead atoms. The molecule has 0 aromatic carbocycles. The van der Waals surface area contributed by atoms with E-state index >= 15 is 0 Å². The van der Waals surface area contributed by atoms with Crippen LogP contribution in [0.25, 0.3) is 0 Å². The predicted octanol–water partition coefficient (Wildman–Crippen LogP) is 2.52. The fourth-order valence-electron chi connectivity index (χ4n) is 1.00. The maximum Gasteiger partial charge on any atom is 0.752 e. The zero-order valence-electron chi connectivity index (χ0n) is 8.44. The summed E-state index contributed by atoms with van der Waals surface area (Å²) in [6.07, 6.45) is 0.728. The van der Waals surface area contributed by atoms with Crippen LogP contribution >= 0.6 is 8.25 Å². The Kier molecular flexibility index (Phi) is 5.84. The SMILES string of the molecule is CO[P+](=O)OC(=O)C(C)CC(C)C. The van der Waals surface area contributed by atoms with E-state index in [0.29, 0.717) is 5.92 Å². The van der Waals surface area contributed by atoms with Crippen molar-refractivity contribution in [3.05, 3.63) is 0 Å². The molecule has 2 atom stereocenters. The standard InChI is InChI=1S/C8H16O4P/c1-6(2)5-7(3)8(9)12-13(10)11-4/h6-7H,5H2,1-4H3/q+1. The Bertz CT molecular complexity index is 191. The molecule has 76 valence electrons. The van der Waals surface area contributed by atoms with Crippen LogP contribution in [-0.2, 0) is 18.4 Å². The summed E-state index contributed by atoms with van der Waals surface area (Å²) in [6.45, 7) is 5.78. The first-order chi connectivity index (χ1) is 5.97. The van der Waals surface area contributed by atoms with Gasteiger partial charge in [-0.15, -0.1) is 4.52 Å². The summed E-state index contributed by atoms with van der Waals surface area (Å²) >= 11 is 0. The summed E-state index contributed by atoms with van der Waals surface area (Å²) in [7, 11) is -1.04. The van der Waals surface area contributed by atoms with E-state index < -0.39 is 14.2 Å². The van der Waals surface area contributed by atoms with Gasteiger partial charge in [-0.05, 0) is 12.3 Å². The molecule has 0 aliphatic carbocycles. The fraction of sp³-hybridized carbons (Fsp3) is 0.875. The predicted molar refractivity (Wildman–Crippen MR) is 49.3 cm³/mol. The fourth-order valence-corrected chi connectivity index (χ4v) is 1.41. The highest BCUT2D eigenvalue weighted by molar-refractivity contribution is 7.34. The molecular weight excluding hydrogens is 191 g/mol. The van der Waals surface area contributed by atoms with Gasteiger partial charge in [0.15, 0.2) is 0 Å². The van der Waals surface area contributed by atoms with Gasteiger partial charge < -0.3 is 0 Å². The molecule has 5 heteroatoms. The first kappa shape index (κ1) is 12.5. The third-order valence-corrected chi connectivity index (χ3v) is 2.17. The Morgan fingerprint density at radius 1 is 1.38 bits per heavy atom. The second-order valence-electron chi connectivity index (χ2n) is 3.35. The third-order valence-electron chi connectivity index (χ3n) is 1.54. The van der Waals surface area contributed by atoms with E-state index in [0.717, 1.165) is 6.42 Å². The monoisotopic (exact) mass is 207 g/mol. The molecule has 0 aromatic heterocycles. The van der Waals surface area contributed by atoms with Gasteiger partial charge >= 0.3 is 14.2 Å². The summed E-state index contributed by atoms with van der Waals surface area (Å²) in [5, 5.41) is 0. The largest absolute Gasteiger partial charge is 0.752 e. The Morgan fingerprint density at radius 3 is 2.31 bits per heavy atom. The first-order valence-electron chi connectivity index (χ1n) is 4.20. The molecular formula is C8H16O4P+. The number of hydrogen-bond acceptors (Lipinski definition) is 4. The van der Waals surface area contributed by atoms with Crippen molar-refractivity contribution < 1.29 is 18.4 Å². The maximum absolute atomic E-state index is 11.2. The highest BCUT2D eigenvalue weighted by Gasteiger charge is 2.28. The molecule has 0 amide bonds. The normalized spacial score (nSPS) is 14.1. The average molecular weight is 207 g/mol. The molecule has 0 rings (SSSR count). The number of carbonyl (C=O) groups excluding carboxylic acids is 1. The van der Waals surface area contributed by atoms with Crippen molar-refractivity contribution in [1.29, 1.82) is 0 Å². The van der Waals surface area contributed by atoms with Crippen LogP contribution in [-0.4, -0.2) is 13.1 Å². The van der Waals surface area contributed by atoms with Crippen molar-refractivity contribution in [3.63, 3.8) is 0 Å². The van der Waals surface area contributed by atoms with Crippen molar-refractivity contribution in [3.8, 4) is 0 Å². The van der Waals surface area contributed by atoms with E-state index in [1.165, 1.54) is 7.11 Å². The molecule has 0 saturated carbocycles. The minimum atomic E-state index is -2.27. The zero-order valence-corrected chi connectivity index (χ0v) is 9.34. The molecule has 0 fully saturated rings. The minimum Gasteiger partial charge on any atom is -0.246 e. The molecule has 0 aliphatic rings. The van der Waals surface area contributed by atoms with E-state index in [2.05, 4.69) is 9.05 Å². The van der Waals surface area contributed by atoms with Gasteiger partial charge in [-0.2, -0.15) is 4.52 Å². The maximum atomic E-state index is 11.2. The number of rotatable bonds is 5. The van der Waals surface area contributed by atoms with Crippen LogP contribution in [0, 0.1) is 11.8 Å². The van der Waals surface area contributed by atoms with Crippen LogP contribution in [0.5, 0.6) is 0 Å². The summed E-state index contributed by atoms with van der Waals surface area (Å²) in [4.78, 5) is 11.2. The lowest BCUT2D eigenvalue weighted by molar-refractivity contribution is -0.138. The molecule has 0 aliphatic heterocycles. The highest BCUT2D eigenvalue weighted by Crippen LogP contribution is 2.25. The topological polar surface area (TPSA) is 52.6 Å². The van der Waals surface area contributed by atoms with Crippen LogP contribution in [0.3, 0.4) is 0 Å². The molecule has 4 nitrogen and oxygen atoms in total. The lowest BCUT2D eigenvalue weighted by Gasteiger charge is -2.07. The van der Waals surface area contributed by atoms with Gasteiger partial charge in [0, 0.05) is 4.57 Å². The van der Waals surface area contributed by atoms with Crippen molar-refractivity contribution in [2.75, 3.05) is 7.11 Å². The van der Waals surface area contributed by atoms with Crippen molar-refractivity contribution in [2.24, 2.45) is 11.8 Å². The lowest BCUT2D eigenvalue weighted by atomic mass is 9.99. The van der Waals surface area contributed by atoms with Crippen molar-refractivity contribution >= 4 is 14.2 Å². The van der Waals surface area contributed by atoms with E-state index in [1.807, 2.05) is 13.8 Å². The Hall–Kier alpha value is -0.470. The van der Waals surface area contributed by atoms with Gasteiger partial charge in [-0.3, -0.25) is 0 Å².